The van der Waals surface area contributed by atoms with Crippen molar-refractivity contribution in [1.82, 2.24) is 9.97 Å². The van der Waals surface area contributed by atoms with Crippen LogP contribution in [0.2, 0.25) is 0 Å². The Morgan fingerprint density at radius 2 is 2.03 bits per heavy atom. The first-order chi connectivity index (χ1) is 14.5. The van der Waals surface area contributed by atoms with Gasteiger partial charge in [-0.15, -0.1) is 0 Å². The molecule has 0 unspecified atom stereocenters. The molecule has 2 fully saturated rings. The van der Waals surface area contributed by atoms with Gasteiger partial charge in [0.25, 0.3) is 5.91 Å². The van der Waals surface area contributed by atoms with Crippen LogP contribution < -0.4 is 16.8 Å². The predicted octanol–water partition coefficient (Wildman–Crippen LogP) is 4.17. The van der Waals surface area contributed by atoms with E-state index in [1.54, 1.807) is 12.4 Å². The van der Waals surface area contributed by atoms with Crippen LogP contribution in [0.5, 0.6) is 0 Å². The maximum Gasteiger partial charge on any atom is 0.263 e. The van der Waals surface area contributed by atoms with Crippen LogP contribution in [-0.4, -0.2) is 21.9 Å². The van der Waals surface area contributed by atoms with Crippen LogP contribution in [0.3, 0.4) is 0 Å². The van der Waals surface area contributed by atoms with Gasteiger partial charge < -0.3 is 21.2 Å². The molecule has 7 heteroatoms. The largest absolute Gasteiger partial charge is 0.438 e. The van der Waals surface area contributed by atoms with Gasteiger partial charge in [0, 0.05) is 18.4 Å². The molecule has 30 heavy (non-hydrogen) atoms. The molecule has 3 heterocycles. The van der Waals surface area contributed by atoms with E-state index in [0.29, 0.717) is 34.5 Å². The number of anilines is 2. The van der Waals surface area contributed by atoms with E-state index in [0.717, 1.165) is 30.4 Å². The zero-order chi connectivity index (χ0) is 20.8. The lowest BCUT2D eigenvalue weighted by Gasteiger charge is -2.32. The van der Waals surface area contributed by atoms with E-state index < -0.39 is 0 Å². The van der Waals surface area contributed by atoms with E-state index in [9.17, 15) is 4.79 Å². The van der Waals surface area contributed by atoms with Gasteiger partial charge >= 0.3 is 0 Å². The summed E-state index contributed by atoms with van der Waals surface area (Å²) in [5.74, 6) is 1.14. The number of hydrogen-bond acceptors (Lipinski definition) is 6. The van der Waals surface area contributed by atoms with Crippen molar-refractivity contribution in [3.8, 4) is 0 Å². The summed E-state index contributed by atoms with van der Waals surface area (Å²) in [6.07, 6.45) is 10.6. The average molecular weight is 406 g/mol. The van der Waals surface area contributed by atoms with Crippen LogP contribution in [0.4, 0.5) is 11.6 Å². The third-order valence-electron chi connectivity index (χ3n) is 6.37. The normalized spacial score (nSPS) is 24.1. The Morgan fingerprint density at radius 1 is 1.20 bits per heavy atom. The number of carbonyl (C=O) groups is 1. The van der Waals surface area contributed by atoms with Crippen LogP contribution in [-0.2, 0) is 0 Å². The molecule has 2 saturated carbocycles. The van der Waals surface area contributed by atoms with E-state index >= 15 is 0 Å². The first-order valence-electron chi connectivity index (χ1n) is 10.7. The Balaban J connectivity index is 1.44. The number of nitrogens with one attached hydrogen (secondary N) is 1. The predicted molar refractivity (Wildman–Crippen MR) is 116 cm³/mol. The number of furan rings is 1. The number of fused-ring (bicyclic) bond motifs is 1. The topological polar surface area (TPSA) is 120 Å². The molecule has 2 aliphatic rings. The van der Waals surface area contributed by atoms with E-state index in [1.165, 1.54) is 12.8 Å². The fourth-order valence-corrected chi connectivity index (χ4v) is 4.83. The summed E-state index contributed by atoms with van der Waals surface area (Å²) in [6.45, 7) is 2.23. The molecule has 5 rings (SSSR count). The highest BCUT2D eigenvalue weighted by Gasteiger charge is 2.29. The Kier molecular flexibility index (Phi) is 4.70. The molecule has 0 spiro atoms. The van der Waals surface area contributed by atoms with Crippen molar-refractivity contribution in [2.75, 3.05) is 11.1 Å². The Labute approximate surface area is 175 Å². The molecule has 156 valence electrons. The molecule has 7 nitrogen and oxygen atoms in total. The second-order valence-corrected chi connectivity index (χ2v) is 8.92. The number of amides is 1. The second kappa shape index (κ2) is 7.40. The van der Waals surface area contributed by atoms with Gasteiger partial charge in [-0.3, -0.25) is 14.8 Å². The summed E-state index contributed by atoms with van der Waals surface area (Å²) in [4.78, 5) is 21.9. The van der Waals surface area contributed by atoms with E-state index in [-0.39, 0.29) is 23.4 Å². The Hall–Kier alpha value is -2.93. The molecule has 2 aliphatic carbocycles. The number of nitrogens with zero attached hydrogens (tertiary/aromatic N) is 2. The number of pyridine rings is 2. The highest BCUT2D eigenvalue weighted by molar-refractivity contribution is 6.14. The monoisotopic (exact) mass is 405 g/mol. The van der Waals surface area contributed by atoms with Gasteiger partial charge in [-0.1, -0.05) is 6.92 Å². The molecule has 0 aliphatic heterocycles. The molecular formula is C23H27N5O2. The number of rotatable bonds is 4. The van der Waals surface area contributed by atoms with Crippen molar-refractivity contribution in [3.05, 3.63) is 47.4 Å². The Morgan fingerprint density at radius 3 is 2.80 bits per heavy atom. The zero-order valence-electron chi connectivity index (χ0n) is 17.1. The minimum Gasteiger partial charge on any atom is -0.438 e. The van der Waals surface area contributed by atoms with E-state index in [2.05, 4.69) is 22.2 Å². The van der Waals surface area contributed by atoms with Gasteiger partial charge in [0.2, 0.25) is 5.88 Å². The lowest BCUT2D eigenvalue weighted by atomic mass is 9.76. The van der Waals surface area contributed by atoms with Crippen molar-refractivity contribution in [2.24, 2.45) is 11.7 Å². The van der Waals surface area contributed by atoms with Gasteiger partial charge in [-0.25, -0.2) is 0 Å². The Bertz CT molecular complexity index is 1090. The smallest absolute Gasteiger partial charge is 0.263 e. The van der Waals surface area contributed by atoms with Crippen molar-refractivity contribution >= 4 is 28.6 Å². The quantitative estimate of drug-likeness (QED) is 0.599. The van der Waals surface area contributed by atoms with Gasteiger partial charge in [-0.2, -0.15) is 0 Å². The van der Waals surface area contributed by atoms with Gasteiger partial charge in [0.1, 0.15) is 11.1 Å². The number of hydrogen-bond donors (Lipinski definition) is 3. The lowest BCUT2D eigenvalue weighted by Crippen LogP contribution is -2.31. The maximum absolute atomic E-state index is 13.2. The number of aromatic nitrogens is 2. The number of nitrogen functional groups attached to an aromatic ring is 1. The first kappa shape index (κ1) is 19.1. The minimum absolute atomic E-state index is 0.0849. The maximum atomic E-state index is 13.2. The second-order valence-electron chi connectivity index (χ2n) is 8.92. The summed E-state index contributed by atoms with van der Waals surface area (Å²) in [7, 11) is 0. The molecule has 0 saturated heterocycles. The van der Waals surface area contributed by atoms with Crippen LogP contribution in [0.25, 0.3) is 11.1 Å². The molecule has 3 atom stereocenters. The van der Waals surface area contributed by atoms with Crippen molar-refractivity contribution < 1.29 is 9.21 Å². The van der Waals surface area contributed by atoms with E-state index in [1.807, 2.05) is 18.3 Å². The van der Waals surface area contributed by atoms with Gasteiger partial charge in [-0.05, 0) is 73.1 Å². The molecule has 0 radical (unpaired) electrons. The SMILES string of the molecule is C[C@@H]1C[C@H](N)C[C@H](c2ccncc2NC(=O)c2c(N)oc3cc(C4CC4)cnc23)C1. The van der Waals surface area contributed by atoms with E-state index in [4.69, 9.17) is 15.9 Å². The molecular weight excluding hydrogens is 378 g/mol. The fraction of sp³-hybridized carbons (Fsp3) is 0.435. The molecule has 1 amide bonds. The minimum atomic E-state index is -0.333. The molecule has 0 bridgehead atoms. The molecule has 5 N–H and O–H groups in total. The summed E-state index contributed by atoms with van der Waals surface area (Å²) >= 11 is 0. The zero-order valence-corrected chi connectivity index (χ0v) is 17.1. The van der Waals surface area contributed by atoms with Crippen molar-refractivity contribution in [1.29, 1.82) is 0 Å². The summed E-state index contributed by atoms with van der Waals surface area (Å²) in [5, 5.41) is 3.00. The molecule has 0 aromatic carbocycles. The van der Waals surface area contributed by atoms with Crippen molar-refractivity contribution in [2.45, 2.75) is 56.9 Å². The molecule has 3 aromatic rings. The number of nitrogens with two attached hydrogens (primary N) is 2. The fourth-order valence-electron chi connectivity index (χ4n) is 4.83. The van der Waals surface area contributed by atoms with Crippen LogP contribution >= 0.6 is 0 Å². The summed E-state index contributed by atoms with van der Waals surface area (Å²) < 4.78 is 5.67. The van der Waals surface area contributed by atoms with Gasteiger partial charge in [0.15, 0.2) is 5.58 Å². The van der Waals surface area contributed by atoms with Crippen LogP contribution in [0.15, 0.2) is 35.1 Å². The molecule has 3 aromatic heterocycles. The van der Waals surface area contributed by atoms with Crippen molar-refractivity contribution in [3.63, 3.8) is 0 Å². The third kappa shape index (κ3) is 3.54. The summed E-state index contributed by atoms with van der Waals surface area (Å²) in [5.41, 5.74) is 16.5. The van der Waals surface area contributed by atoms with Crippen LogP contribution in [0, 0.1) is 5.92 Å². The number of carbonyl (C=O) groups excluding carboxylic acids is 1. The third-order valence-corrected chi connectivity index (χ3v) is 6.37. The summed E-state index contributed by atoms with van der Waals surface area (Å²) in [6, 6.07) is 4.10. The average Bonchev–Trinajstić information content (AvgIpc) is 3.49. The van der Waals surface area contributed by atoms with Crippen LogP contribution in [0.1, 0.15) is 72.3 Å². The van der Waals surface area contributed by atoms with Gasteiger partial charge in [0.05, 0.1) is 11.9 Å². The standard InChI is InChI=1S/C23H27N5O2/c1-12-6-14(8-16(24)7-12)17-4-5-26-11-18(17)28-23(29)20-21-19(30-22(20)25)9-15(10-27-21)13-2-3-13/h4-5,9-14,16H,2-3,6-8,24-25H2,1H3,(H,28,29)/t12-,14+,16-/m0/s1. The lowest BCUT2D eigenvalue weighted by molar-refractivity contribution is 0.102. The first-order valence-corrected chi connectivity index (χ1v) is 10.7. The highest BCUT2D eigenvalue weighted by atomic mass is 16.3. The highest BCUT2D eigenvalue weighted by Crippen LogP contribution is 2.42.